The minimum absolute atomic E-state index is 0.0463. The third-order valence-electron chi connectivity index (χ3n) is 2.91. The standard InChI is InChI=1S/C14H32N4O/c1-14(2,15)13(19)18(11-7-9-16(3)4)12-8-10-17(5)6/h7-12,15H2,1-6H3. The molecule has 19 heavy (non-hydrogen) atoms. The lowest BCUT2D eigenvalue weighted by Crippen LogP contribution is -2.52. The van der Waals surface area contributed by atoms with Crippen LogP contribution in [0.2, 0.25) is 0 Å². The summed E-state index contributed by atoms with van der Waals surface area (Å²) >= 11 is 0. The molecule has 0 saturated heterocycles. The van der Waals surface area contributed by atoms with Crippen LogP contribution in [-0.4, -0.2) is 80.5 Å². The van der Waals surface area contributed by atoms with E-state index in [9.17, 15) is 4.79 Å². The van der Waals surface area contributed by atoms with E-state index in [0.29, 0.717) is 0 Å². The van der Waals surface area contributed by atoms with Crippen LogP contribution in [0, 0.1) is 0 Å². The van der Waals surface area contributed by atoms with Crippen LogP contribution in [0.15, 0.2) is 0 Å². The van der Waals surface area contributed by atoms with Gasteiger partial charge in [0.1, 0.15) is 0 Å². The first kappa shape index (κ1) is 18.4. The van der Waals surface area contributed by atoms with E-state index in [0.717, 1.165) is 39.0 Å². The minimum atomic E-state index is -0.782. The van der Waals surface area contributed by atoms with Gasteiger partial charge in [-0.3, -0.25) is 4.79 Å². The first-order valence-electron chi connectivity index (χ1n) is 7.02. The topological polar surface area (TPSA) is 52.8 Å². The molecule has 0 aromatic carbocycles. The Bertz CT molecular complexity index is 245. The quantitative estimate of drug-likeness (QED) is 0.662. The zero-order valence-electron chi connectivity index (χ0n) is 13.6. The third kappa shape index (κ3) is 8.97. The molecule has 0 radical (unpaired) electrons. The van der Waals surface area contributed by atoms with Gasteiger partial charge in [0, 0.05) is 13.1 Å². The van der Waals surface area contributed by atoms with Crippen molar-refractivity contribution in [1.29, 1.82) is 0 Å². The van der Waals surface area contributed by atoms with Gasteiger partial charge in [-0.1, -0.05) is 0 Å². The van der Waals surface area contributed by atoms with Crippen molar-refractivity contribution >= 4 is 5.91 Å². The van der Waals surface area contributed by atoms with E-state index in [1.54, 1.807) is 13.8 Å². The number of hydrogen-bond acceptors (Lipinski definition) is 4. The van der Waals surface area contributed by atoms with Crippen LogP contribution in [0.5, 0.6) is 0 Å². The molecule has 0 fully saturated rings. The molecule has 5 heteroatoms. The fourth-order valence-corrected chi connectivity index (χ4v) is 1.88. The summed E-state index contributed by atoms with van der Waals surface area (Å²) in [6, 6.07) is 0. The Morgan fingerprint density at radius 3 is 1.53 bits per heavy atom. The smallest absolute Gasteiger partial charge is 0.242 e. The number of amides is 1. The molecule has 114 valence electrons. The second-order valence-corrected chi connectivity index (χ2v) is 6.33. The summed E-state index contributed by atoms with van der Waals surface area (Å²) in [5.41, 5.74) is 5.15. The van der Waals surface area contributed by atoms with Gasteiger partial charge in [-0.05, 0) is 68.0 Å². The highest BCUT2D eigenvalue weighted by Crippen LogP contribution is 2.06. The lowest BCUT2D eigenvalue weighted by Gasteiger charge is -2.30. The molecule has 0 bridgehead atoms. The zero-order chi connectivity index (χ0) is 15.1. The van der Waals surface area contributed by atoms with Crippen molar-refractivity contribution in [3.63, 3.8) is 0 Å². The second-order valence-electron chi connectivity index (χ2n) is 6.33. The number of rotatable bonds is 9. The normalized spacial score (nSPS) is 12.3. The minimum Gasteiger partial charge on any atom is -0.341 e. The SMILES string of the molecule is CN(C)CCCN(CCCN(C)C)C(=O)C(C)(C)N. The van der Waals surface area contributed by atoms with Gasteiger partial charge in [0.15, 0.2) is 0 Å². The van der Waals surface area contributed by atoms with Crippen molar-refractivity contribution in [1.82, 2.24) is 14.7 Å². The van der Waals surface area contributed by atoms with E-state index in [1.165, 1.54) is 0 Å². The Morgan fingerprint density at radius 2 is 1.26 bits per heavy atom. The number of carbonyl (C=O) groups is 1. The molecule has 2 N–H and O–H groups in total. The Hall–Kier alpha value is -0.650. The third-order valence-corrected chi connectivity index (χ3v) is 2.91. The summed E-state index contributed by atoms with van der Waals surface area (Å²) in [5, 5.41) is 0. The summed E-state index contributed by atoms with van der Waals surface area (Å²) < 4.78 is 0. The van der Waals surface area contributed by atoms with Crippen molar-refractivity contribution in [3.8, 4) is 0 Å². The van der Waals surface area contributed by atoms with E-state index in [1.807, 2.05) is 33.1 Å². The van der Waals surface area contributed by atoms with E-state index >= 15 is 0 Å². The first-order chi connectivity index (χ1) is 8.64. The average Bonchev–Trinajstić information content (AvgIpc) is 2.23. The highest BCUT2D eigenvalue weighted by Gasteiger charge is 2.27. The molecule has 0 aliphatic heterocycles. The van der Waals surface area contributed by atoms with Gasteiger partial charge < -0.3 is 20.4 Å². The van der Waals surface area contributed by atoms with Crippen molar-refractivity contribution in [2.45, 2.75) is 32.2 Å². The number of carbonyl (C=O) groups excluding carboxylic acids is 1. The predicted molar refractivity (Wildman–Crippen MR) is 81.2 cm³/mol. The van der Waals surface area contributed by atoms with E-state index < -0.39 is 5.54 Å². The number of hydrogen-bond donors (Lipinski definition) is 1. The molecule has 0 aromatic heterocycles. The maximum Gasteiger partial charge on any atom is 0.242 e. The van der Waals surface area contributed by atoms with Crippen LogP contribution in [0.4, 0.5) is 0 Å². The molecule has 0 aromatic rings. The summed E-state index contributed by atoms with van der Waals surface area (Å²) in [5.74, 6) is 0.0463. The van der Waals surface area contributed by atoms with Crippen molar-refractivity contribution in [3.05, 3.63) is 0 Å². The van der Waals surface area contributed by atoms with Gasteiger partial charge >= 0.3 is 0 Å². The molecular formula is C14H32N4O. The van der Waals surface area contributed by atoms with E-state index in [-0.39, 0.29) is 5.91 Å². The van der Waals surface area contributed by atoms with E-state index in [4.69, 9.17) is 5.73 Å². The van der Waals surface area contributed by atoms with Gasteiger partial charge in [0.05, 0.1) is 5.54 Å². The monoisotopic (exact) mass is 272 g/mol. The Balaban J connectivity index is 4.34. The number of nitrogens with two attached hydrogens (primary N) is 1. The molecule has 0 saturated carbocycles. The highest BCUT2D eigenvalue weighted by atomic mass is 16.2. The predicted octanol–water partition coefficient (Wildman–Crippen LogP) is 0.456. The molecule has 0 aliphatic rings. The van der Waals surface area contributed by atoms with Gasteiger partial charge in [0.2, 0.25) is 5.91 Å². The van der Waals surface area contributed by atoms with Crippen molar-refractivity contribution in [2.24, 2.45) is 5.73 Å². The average molecular weight is 272 g/mol. The summed E-state index contributed by atoms with van der Waals surface area (Å²) in [6.07, 6.45) is 1.97. The Kier molecular flexibility index (Phi) is 8.22. The molecule has 0 aliphatic carbocycles. The van der Waals surface area contributed by atoms with Crippen molar-refractivity contribution < 1.29 is 4.79 Å². The molecule has 5 nitrogen and oxygen atoms in total. The van der Waals surface area contributed by atoms with Crippen LogP contribution in [-0.2, 0) is 4.79 Å². The lowest BCUT2D eigenvalue weighted by atomic mass is 10.0. The summed E-state index contributed by atoms with van der Waals surface area (Å²) in [6.45, 7) is 7.10. The van der Waals surface area contributed by atoms with Gasteiger partial charge in [-0.2, -0.15) is 0 Å². The van der Waals surface area contributed by atoms with Gasteiger partial charge in [-0.15, -0.1) is 0 Å². The Labute approximate surface area is 118 Å². The lowest BCUT2D eigenvalue weighted by molar-refractivity contribution is -0.136. The first-order valence-corrected chi connectivity index (χ1v) is 7.02. The van der Waals surface area contributed by atoms with Crippen LogP contribution in [0.25, 0.3) is 0 Å². The molecule has 0 rings (SSSR count). The fraction of sp³-hybridized carbons (Fsp3) is 0.929. The largest absolute Gasteiger partial charge is 0.341 e. The van der Waals surface area contributed by atoms with Crippen LogP contribution >= 0.6 is 0 Å². The molecule has 0 unspecified atom stereocenters. The zero-order valence-corrected chi connectivity index (χ0v) is 13.6. The summed E-state index contributed by atoms with van der Waals surface area (Å²) in [4.78, 5) is 18.5. The molecule has 0 atom stereocenters. The van der Waals surface area contributed by atoms with Crippen LogP contribution < -0.4 is 5.73 Å². The molecule has 1 amide bonds. The summed E-state index contributed by atoms with van der Waals surface area (Å²) in [7, 11) is 8.19. The maximum atomic E-state index is 12.3. The molecular weight excluding hydrogens is 240 g/mol. The van der Waals surface area contributed by atoms with Crippen LogP contribution in [0.1, 0.15) is 26.7 Å². The highest BCUT2D eigenvalue weighted by molar-refractivity contribution is 5.85. The van der Waals surface area contributed by atoms with Gasteiger partial charge in [0.25, 0.3) is 0 Å². The number of nitrogens with zero attached hydrogens (tertiary/aromatic N) is 3. The van der Waals surface area contributed by atoms with Crippen molar-refractivity contribution in [2.75, 3.05) is 54.4 Å². The maximum absolute atomic E-state index is 12.3. The van der Waals surface area contributed by atoms with Gasteiger partial charge in [-0.25, -0.2) is 0 Å². The Morgan fingerprint density at radius 1 is 0.895 bits per heavy atom. The van der Waals surface area contributed by atoms with Crippen LogP contribution in [0.3, 0.4) is 0 Å². The second kappa shape index (κ2) is 8.51. The fourth-order valence-electron chi connectivity index (χ4n) is 1.88. The molecule has 0 spiro atoms. The molecule has 0 heterocycles. The van der Waals surface area contributed by atoms with E-state index in [2.05, 4.69) is 9.80 Å².